The number of hydrogen-bond acceptors (Lipinski definition) is 4. The molecule has 0 radical (unpaired) electrons. The zero-order valence-electron chi connectivity index (χ0n) is 13.7. The summed E-state index contributed by atoms with van der Waals surface area (Å²) in [6.45, 7) is 5.24. The molecule has 126 valence electrons. The van der Waals surface area contributed by atoms with Gasteiger partial charge < -0.3 is 15.4 Å². The molecule has 23 heavy (non-hydrogen) atoms. The maximum Gasteiger partial charge on any atom is 0.221 e. The van der Waals surface area contributed by atoms with Crippen LogP contribution in [0.1, 0.15) is 24.8 Å². The van der Waals surface area contributed by atoms with Crippen molar-refractivity contribution in [1.82, 2.24) is 15.5 Å². The normalized spacial score (nSPS) is 25.9. The number of carbonyl (C=O) groups is 1. The van der Waals surface area contributed by atoms with Crippen molar-refractivity contribution in [2.24, 2.45) is 0 Å². The lowest BCUT2D eigenvalue weighted by molar-refractivity contribution is -0.123. The Hall–Kier alpha value is -1.43. The van der Waals surface area contributed by atoms with Gasteiger partial charge in [0.15, 0.2) is 0 Å². The zero-order chi connectivity index (χ0) is 15.9. The van der Waals surface area contributed by atoms with Crippen LogP contribution in [0, 0.1) is 0 Å². The molecule has 2 aliphatic rings. The first-order valence-electron chi connectivity index (χ1n) is 8.66. The van der Waals surface area contributed by atoms with Crippen LogP contribution in [-0.4, -0.2) is 55.7 Å². The molecule has 5 heteroatoms. The predicted molar refractivity (Wildman–Crippen MR) is 90.1 cm³/mol. The van der Waals surface area contributed by atoms with E-state index in [1.807, 2.05) is 6.07 Å². The molecule has 3 rings (SSSR count). The summed E-state index contributed by atoms with van der Waals surface area (Å²) in [6, 6.07) is 11.0. The largest absolute Gasteiger partial charge is 0.378 e. The van der Waals surface area contributed by atoms with Crippen LogP contribution in [0.5, 0.6) is 0 Å². The van der Waals surface area contributed by atoms with Gasteiger partial charge in [-0.25, -0.2) is 0 Å². The first kappa shape index (κ1) is 16.4. The molecule has 2 fully saturated rings. The molecule has 2 unspecified atom stereocenters. The maximum atomic E-state index is 12.2. The van der Waals surface area contributed by atoms with Crippen molar-refractivity contribution in [2.75, 3.05) is 32.8 Å². The summed E-state index contributed by atoms with van der Waals surface area (Å²) in [6.07, 6.45) is 2.73. The molecular weight excluding hydrogens is 290 g/mol. The van der Waals surface area contributed by atoms with E-state index in [0.29, 0.717) is 13.0 Å². The Bertz CT molecular complexity index is 488. The minimum Gasteiger partial charge on any atom is -0.378 e. The molecule has 1 aromatic rings. The molecule has 2 atom stereocenters. The van der Waals surface area contributed by atoms with Crippen LogP contribution in [0.3, 0.4) is 0 Å². The van der Waals surface area contributed by atoms with Crippen LogP contribution < -0.4 is 10.6 Å². The van der Waals surface area contributed by atoms with Crippen molar-refractivity contribution in [1.29, 1.82) is 0 Å². The van der Waals surface area contributed by atoms with E-state index in [0.717, 1.165) is 45.6 Å². The van der Waals surface area contributed by atoms with E-state index >= 15 is 0 Å². The number of benzene rings is 1. The standard InChI is InChI=1S/C18H27N3O2/c22-18(11-17-14-23-10-8-19-17)20-16-7-4-9-21(13-16)12-15-5-2-1-3-6-15/h1-3,5-6,16-17,19H,4,7-14H2,(H,20,22). The van der Waals surface area contributed by atoms with Crippen molar-refractivity contribution in [3.05, 3.63) is 35.9 Å². The van der Waals surface area contributed by atoms with Crippen molar-refractivity contribution in [3.8, 4) is 0 Å². The first-order valence-corrected chi connectivity index (χ1v) is 8.66. The second kappa shape index (κ2) is 8.43. The monoisotopic (exact) mass is 317 g/mol. The van der Waals surface area contributed by atoms with Crippen LogP contribution >= 0.6 is 0 Å². The number of nitrogens with one attached hydrogen (secondary N) is 2. The Morgan fingerprint density at radius 1 is 1.35 bits per heavy atom. The first-order chi connectivity index (χ1) is 11.3. The van der Waals surface area contributed by atoms with Crippen molar-refractivity contribution < 1.29 is 9.53 Å². The van der Waals surface area contributed by atoms with Crippen molar-refractivity contribution in [2.45, 2.75) is 37.9 Å². The third kappa shape index (κ3) is 5.30. The van der Waals surface area contributed by atoms with Gasteiger partial charge in [0, 0.05) is 38.1 Å². The second-order valence-electron chi connectivity index (χ2n) is 6.56. The van der Waals surface area contributed by atoms with Crippen molar-refractivity contribution in [3.63, 3.8) is 0 Å². The Kier molecular flexibility index (Phi) is 6.02. The average molecular weight is 317 g/mol. The fourth-order valence-electron chi connectivity index (χ4n) is 3.42. The highest BCUT2D eigenvalue weighted by Crippen LogP contribution is 2.14. The van der Waals surface area contributed by atoms with Gasteiger partial charge in [-0.15, -0.1) is 0 Å². The van der Waals surface area contributed by atoms with Gasteiger partial charge in [0.1, 0.15) is 0 Å². The lowest BCUT2D eigenvalue weighted by atomic mass is 10.0. The fourth-order valence-corrected chi connectivity index (χ4v) is 3.42. The minimum absolute atomic E-state index is 0.138. The van der Waals surface area contributed by atoms with Gasteiger partial charge >= 0.3 is 0 Å². The lowest BCUT2D eigenvalue weighted by Gasteiger charge is -2.33. The van der Waals surface area contributed by atoms with E-state index in [2.05, 4.69) is 39.8 Å². The summed E-state index contributed by atoms with van der Waals surface area (Å²) in [5.41, 5.74) is 1.34. The van der Waals surface area contributed by atoms with Crippen molar-refractivity contribution >= 4 is 5.91 Å². The highest BCUT2D eigenvalue weighted by atomic mass is 16.5. The molecule has 2 aliphatic heterocycles. The van der Waals surface area contributed by atoms with Gasteiger partial charge in [0.2, 0.25) is 5.91 Å². The van der Waals surface area contributed by atoms with Crippen LogP contribution in [-0.2, 0) is 16.1 Å². The van der Waals surface area contributed by atoms with Gasteiger partial charge in [-0.3, -0.25) is 9.69 Å². The molecule has 2 saturated heterocycles. The van der Waals surface area contributed by atoms with E-state index in [4.69, 9.17) is 4.74 Å². The number of likely N-dealkylation sites (tertiary alicyclic amines) is 1. The molecule has 5 nitrogen and oxygen atoms in total. The predicted octanol–water partition coefficient (Wildman–Crippen LogP) is 1.15. The zero-order valence-corrected chi connectivity index (χ0v) is 13.7. The van der Waals surface area contributed by atoms with Gasteiger partial charge in [-0.1, -0.05) is 30.3 Å². The van der Waals surface area contributed by atoms with Gasteiger partial charge in [-0.2, -0.15) is 0 Å². The molecule has 1 aromatic carbocycles. The molecule has 0 aliphatic carbocycles. The number of carbonyl (C=O) groups excluding carboxylic acids is 1. The average Bonchev–Trinajstić information content (AvgIpc) is 2.57. The number of piperidine rings is 1. The maximum absolute atomic E-state index is 12.2. The number of morpholine rings is 1. The highest BCUT2D eigenvalue weighted by Gasteiger charge is 2.23. The fraction of sp³-hybridized carbons (Fsp3) is 0.611. The molecular formula is C18H27N3O2. The van der Waals surface area contributed by atoms with E-state index in [9.17, 15) is 4.79 Å². The molecule has 0 spiro atoms. The lowest BCUT2D eigenvalue weighted by Crippen LogP contribution is -2.50. The SMILES string of the molecule is O=C(CC1COCCN1)NC1CCCN(Cc2ccccc2)C1. The third-order valence-corrected chi connectivity index (χ3v) is 4.55. The number of ether oxygens (including phenoxy) is 1. The Balaban J connectivity index is 1.43. The molecule has 2 N–H and O–H groups in total. The molecule has 0 bridgehead atoms. The number of hydrogen-bond donors (Lipinski definition) is 2. The summed E-state index contributed by atoms with van der Waals surface area (Å²) < 4.78 is 5.41. The molecule has 1 amide bonds. The van der Waals surface area contributed by atoms with Gasteiger partial charge in [-0.05, 0) is 24.9 Å². The van der Waals surface area contributed by atoms with Crippen LogP contribution in [0.4, 0.5) is 0 Å². The Labute approximate surface area is 138 Å². The quantitative estimate of drug-likeness (QED) is 0.855. The summed E-state index contributed by atoms with van der Waals surface area (Å²) in [5, 5.41) is 6.54. The smallest absolute Gasteiger partial charge is 0.221 e. The summed E-state index contributed by atoms with van der Waals surface area (Å²) in [4.78, 5) is 14.7. The topological polar surface area (TPSA) is 53.6 Å². The molecule has 2 heterocycles. The van der Waals surface area contributed by atoms with E-state index < -0.39 is 0 Å². The Morgan fingerprint density at radius 3 is 3.00 bits per heavy atom. The Morgan fingerprint density at radius 2 is 2.22 bits per heavy atom. The van der Waals surface area contributed by atoms with Crippen LogP contribution in [0.15, 0.2) is 30.3 Å². The summed E-state index contributed by atoms with van der Waals surface area (Å²) >= 11 is 0. The number of rotatable bonds is 5. The van der Waals surface area contributed by atoms with E-state index in [-0.39, 0.29) is 18.0 Å². The minimum atomic E-state index is 0.138. The van der Waals surface area contributed by atoms with Gasteiger partial charge in [0.25, 0.3) is 0 Å². The number of amides is 1. The highest BCUT2D eigenvalue weighted by molar-refractivity contribution is 5.77. The third-order valence-electron chi connectivity index (χ3n) is 4.55. The van der Waals surface area contributed by atoms with E-state index in [1.54, 1.807) is 0 Å². The summed E-state index contributed by atoms with van der Waals surface area (Å²) in [5.74, 6) is 0.138. The molecule has 0 saturated carbocycles. The summed E-state index contributed by atoms with van der Waals surface area (Å²) in [7, 11) is 0. The second-order valence-corrected chi connectivity index (χ2v) is 6.56. The molecule has 0 aromatic heterocycles. The van der Waals surface area contributed by atoms with Crippen LogP contribution in [0.25, 0.3) is 0 Å². The van der Waals surface area contributed by atoms with E-state index in [1.165, 1.54) is 5.56 Å². The van der Waals surface area contributed by atoms with Crippen LogP contribution in [0.2, 0.25) is 0 Å². The number of nitrogens with zero attached hydrogens (tertiary/aromatic N) is 1. The van der Waals surface area contributed by atoms with Gasteiger partial charge in [0.05, 0.1) is 13.2 Å².